The first-order valence-corrected chi connectivity index (χ1v) is 12.2. The Hall–Kier alpha value is -0.440. The number of rotatable bonds is 10. The smallest absolute Gasteiger partial charge is 0.316 e. The van der Waals surface area contributed by atoms with Gasteiger partial charge in [0.15, 0.2) is 0 Å². The van der Waals surface area contributed by atoms with Crippen LogP contribution in [0.25, 0.3) is 0 Å². The number of ether oxygens (including phenoxy) is 1. The molecule has 0 aromatic carbocycles. The average Bonchev–Trinajstić information content (AvgIpc) is 2.70. The van der Waals surface area contributed by atoms with E-state index in [2.05, 4.69) is 13.5 Å². The molecule has 0 N–H and O–H groups in total. The second kappa shape index (κ2) is 10.5. The van der Waals surface area contributed by atoms with Gasteiger partial charge in [-0.25, -0.2) is 0 Å². The summed E-state index contributed by atoms with van der Waals surface area (Å²) in [4.78, 5) is 0. The molecule has 28 heavy (non-hydrogen) atoms. The Morgan fingerprint density at radius 3 is 2.04 bits per heavy atom. The standard InChI is InChI=1S/C25H42F2O/c1-3-5-7-8-10-20-13-17-22(18-14-20)24-23(25(26,27)28-24)21-15-11-19(12-16-21)9-6-4-2/h4,19-24H,2-3,5-18H2,1H3/t19-,20?,21-,22?,23-,24-/m0/s1. The zero-order valence-corrected chi connectivity index (χ0v) is 18.0. The predicted molar refractivity (Wildman–Crippen MR) is 112 cm³/mol. The number of unbranched alkanes of at least 4 members (excludes halogenated alkanes) is 3. The molecular weight excluding hydrogens is 354 g/mol. The van der Waals surface area contributed by atoms with Crippen LogP contribution >= 0.6 is 0 Å². The summed E-state index contributed by atoms with van der Waals surface area (Å²) in [6.07, 6.45) is 16.7. The minimum Gasteiger partial charge on any atom is -0.316 e. The van der Waals surface area contributed by atoms with E-state index in [0.29, 0.717) is 11.8 Å². The van der Waals surface area contributed by atoms with Gasteiger partial charge in [-0.1, -0.05) is 70.8 Å². The Morgan fingerprint density at radius 1 is 0.857 bits per heavy atom. The van der Waals surface area contributed by atoms with Crippen molar-refractivity contribution >= 4 is 0 Å². The van der Waals surface area contributed by atoms with Crippen molar-refractivity contribution in [3.63, 3.8) is 0 Å². The van der Waals surface area contributed by atoms with Gasteiger partial charge in [0.05, 0.1) is 12.0 Å². The molecule has 2 saturated carbocycles. The Labute approximate surface area is 171 Å². The molecule has 3 fully saturated rings. The lowest BCUT2D eigenvalue weighted by Crippen LogP contribution is -2.61. The molecule has 1 heterocycles. The van der Waals surface area contributed by atoms with E-state index < -0.39 is 12.0 Å². The largest absolute Gasteiger partial charge is 0.361 e. The number of hydrogen-bond acceptors (Lipinski definition) is 1. The molecule has 3 rings (SSSR count). The van der Waals surface area contributed by atoms with Gasteiger partial charge in [-0.2, -0.15) is 8.78 Å². The lowest BCUT2D eigenvalue weighted by atomic mass is 9.65. The van der Waals surface area contributed by atoms with E-state index in [1.54, 1.807) is 0 Å². The van der Waals surface area contributed by atoms with Crippen LogP contribution in [-0.4, -0.2) is 12.2 Å². The molecule has 0 aromatic heterocycles. The summed E-state index contributed by atoms with van der Waals surface area (Å²) in [7, 11) is 0. The summed E-state index contributed by atoms with van der Waals surface area (Å²) >= 11 is 0. The third kappa shape index (κ3) is 5.58. The van der Waals surface area contributed by atoms with Gasteiger partial charge in [-0.3, -0.25) is 0 Å². The molecule has 0 aromatic rings. The minimum atomic E-state index is -2.87. The van der Waals surface area contributed by atoms with Crippen LogP contribution < -0.4 is 0 Å². The fourth-order valence-electron chi connectivity index (χ4n) is 6.24. The Kier molecular flexibility index (Phi) is 8.38. The van der Waals surface area contributed by atoms with Crippen molar-refractivity contribution in [2.24, 2.45) is 29.6 Å². The Bertz CT molecular complexity index is 461. The molecule has 0 bridgehead atoms. The van der Waals surface area contributed by atoms with Crippen LogP contribution in [0.15, 0.2) is 12.7 Å². The SMILES string of the molecule is C=CCC[C@H]1CC[C@H]([C@H]2[C@H](C3CCC(CCCCCC)CC3)OC2(F)F)CC1. The first-order valence-electron chi connectivity index (χ1n) is 12.2. The van der Waals surface area contributed by atoms with Gasteiger partial charge in [-0.15, -0.1) is 6.58 Å². The van der Waals surface area contributed by atoms with E-state index in [-0.39, 0.29) is 12.0 Å². The van der Waals surface area contributed by atoms with Crippen LogP contribution in [0, 0.1) is 29.6 Å². The van der Waals surface area contributed by atoms with Crippen LogP contribution in [0.1, 0.15) is 103 Å². The molecule has 162 valence electrons. The molecule has 1 saturated heterocycles. The lowest BCUT2D eigenvalue weighted by molar-refractivity contribution is -0.418. The molecule has 1 nitrogen and oxygen atoms in total. The maximum absolute atomic E-state index is 14.4. The van der Waals surface area contributed by atoms with E-state index in [4.69, 9.17) is 4.74 Å². The molecule has 0 amide bonds. The second-order valence-corrected chi connectivity index (χ2v) is 9.95. The molecule has 3 aliphatic rings. The van der Waals surface area contributed by atoms with Gasteiger partial charge in [0.25, 0.3) is 0 Å². The fourth-order valence-corrected chi connectivity index (χ4v) is 6.24. The maximum atomic E-state index is 14.4. The highest BCUT2D eigenvalue weighted by Crippen LogP contribution is 2.55. The van der Waals surface area contributed by atoms with Crippen LogP contribution in [0.4, 0.5) is 8.78 Å². The van der Waals surface area contributed by atoms with Crippen molar-refractivity contribution in [3.8, 4) is 0 Å². The van der Waals surface area contributed by atoms with E-state index in [9.17, 15) is 8.78 Å². The van der Waals surface area contributed by atoms with Gasteiger partial charge < -0.3 is 4.74 Å². The van der Waals surface area contributed by atoms with Gasteiger partial charge in [-0.05, 0) is 62.2 Å². The van der Waals surface area contributed by atoms with E-state index >= 15 is 0 Å². The highest BCUT2D eigenvalue weighted by molar-refractivity contribution is 4.98. The normalized spacial score (nSPS) is 38.0. The first-order chi connectivity index (χ1) is 13.5. The zero-order chi connectivity index (χ0) is 20.0. The molecule has 2 aliphatic carbocycles. The molecule has 0 unspecified atom stereocenters. The van der Waals surface area contributed by atoms with Crippen molar-refractivity contribution in [2.75, 3.05) is 0 Å². The highest BCUT2D eigenvalue weighted by Gasteiger charge is 2.62. The van der Waals surface area contributed by atoms with Crippen molar-refractivity contribution in [1.82, 2.24) is 0 Å². The second-order valence-electron chi connectivity index (χ2n) is 9.95. The number of halogens is 2. The van der Waals surface area contributed by atoms with Crippen LogP contribution in [0.2, 0.25) is 0 Å². The van der Waals surface area contributed by atoms with Gasteiger partial charge in [0, 0.05) is 0 Å². The molecule has 2 atom stereocenters. The van der Waals surface area contributed by atoms with Crippen molar-refractivity contribution in [1.29, 1.82) is 0 Å². The quantitative estimate of drug-likeness (QED) is 0.267. The summed E-state index contributed by atoms with van der Waals surface area (Å²) in [6, 6.07) is 0. The van der Waals surface area contributed by atoms with Crippen LogP contribution in [0.3, 0.4) is 0 Å². The number of hydrogen-bond donors (Lipinski definition) is 0. The Balaban J connectivity index is 1.44. The molecule has 0 radical (unpaired) electrons. The zero-order valence-electron chi connectivity index (χ0n) is 18.0. The van der Waals surface area contributed by atoms with E-state index in [0.717, 1.165) is 50.9 Å². The van der Waals surface area contributed by atoms with Gasteiger partial charge in [0.2, 0.25) is 0 Å². The van der Waals surface area contributed by atoms with Gasteiger partial charge in [0.1, 0.15) is 0 Å². The lowest BCUT2D eigenvalue weighted by Gasteiger charge is -2.53. The predicted octanol–water partition coefficient (Wildman–Crippen LogP) is 8.14. The molecule has 3 heteroatoms. The van der Waals surface area contributed by atoms with Crippen LogP contribution in [-0.2, 0) is 4.74 Å². The first kappa shape index (κ1) is 22.2. The summed E-state index contributed by atoms with van der Waals surface area (Å²) < 4.78 is 34.0. The topological polar surface area (TPSA) is 9.23 Å². The van der Waals surface area contributed by atoms with Gasteiger partial charge >= 0.3 is 6.11 Å². The Morgan fingerprint density at radius 2 is 1.46 bits per heavy atom. The maximum Gasteiger partial charge on any atom is 0.361 e. The van der Waals surface area contributed by atoms with Crippen LogP contribution in [0.5, 0.6) is 0 Å². The third-order valence-corrected chi connectivity index (χ3v) is 8.04. The minimum absolute atomic E-state index is 0.167. The van der Waals surface area contributed by atoms with E-state index in [1.807, 2.05) is 6.08 Å². The molecular formula is C25H42F2O. The average molecular weight is 397 g/mol. The summed E-state index contributed by atoms with van der Waals surface area (Å²) in [5.74, 6) is 1.56. The summed E-state index contributed by atoms with van der Waals surface area (Å²) in [5.41, 5.74) is 0. The van der Waals surface area contributed by atoms with Crippen molar-refractivity contribution < 1.29 is 13.5 Å². The number of allylic oxidation sites excluding steroid dienone is 1. The molecule has 1 aliphatic heterocycles. The van der Waals surface area contributed by atoms with Crippen molar-refractivity contribution in [2.45, 2.75) is 115 Å². The summed E-state index contributed by atoms with van der Waals surface area (Å²) in [5, 5.41) is 0. The summed E-state index contributed by atoms with van der Waals surface area (Å²) in [6.45, 7) is 6.06. The third-order valence-electron chi connectivity index (χ3n) is 8.04. The van der Waals surface area contributed by atoms with E-state index in [1.165, 1.54) is 51.4 Å². The monoisotopic (exact) mass is 396 g/mol. The highest BCUT2D eigenvalue weighted by atomic mass is 19.3. The number of alkyl halides is 2. The molecule has 0 spiro atoms. The fraction of sp³-hybridized carbons (Fsp3) is 0.920. The van der Waals surface area contributed by atoms with Crippen molar-refractivity contribution in [3.05, 3.63) is 12.7 Å².